The molecule has 6 rings (SSSR count). The topological polar surface area (TPSA) is 51.2 Å². The van der Waals surface area contributed by atoms with Crippen LogP contribution in [0, 0.1) is 11.8 Å². The summed E-state index contributed by atoms with van der Waals surface area (Å²) in [5.41, 5.74) is 5.88. The van der Waals surface area contributed by atoms with Crippen LogP contribution in [0.2, 0.25) is 5.02 Å². The van der Waals surface area contributed by atoms with Crippen LogP contribution < -0.4 is 15.1 Å². The van der Waals surface area contributed by atoms with Gasteiger partial charge in [0.05, 0.1) is 11.4 Å². The highest BCUT2D eigenvalue weighted by Crippen LogP contribution is 2.40. The van der Waals surface area contributed by atoms with Gasteiger partial charge in [-0.3, -0.25) is 4.79 Å². The Labute approximate surface area is 246 Å². The van der Waals surface area contributed by atoms with Crippen molar-refractivity contribution in [2.45, 2.75) is 25.9 Å². The number of nitrogens with one attached hydrogen (secondary N) is 1. The molecule has 6 nitrogen and oxygen atoms in total. The second-order valence-corrected chi connectivity index (χ2v) is 11.9. The number of nitrogens with zero attached hydrogens (tertiary/aromatic N) is 4. The molecule has 3 aliphatic rings. The zero-order valence-corrected chi connectivity index (χ0v) is 24.5. The van der Waals surface area contributed by atoms with E-state index >= 15 is 0 Å². The van der Waals surface area contributed by atoms with Gasteiger partial charge in [-0.05, 0) is 72.8 Å². The van der Waals surface area contributed by atoms with Crippen LogP contribution in [-0.2, 0) is 11.2 Å². The number of rotatable bonds is 5. The number of halogens is 1. The van der Waals surface area contributed by atoms with E-state index in [1.807, 2.05) is 42.5 Å². The number of fused-ring (bicyclic) bond motifs is 1. The summed E-state index contributed by atoms with van der Waals surface area (Å²) in [5.74, 6) is 1.57. The molecular formula is C32H34ClN5OS. The Hall–Kier alpha value is -3.42. The van der Waals surface area contributed by atoms with E-state index in [1.165, 1.54) is 24.1 Å². The van der Waals surface area contributed by atoms with Gasteiger partial charge in [0.1, 0.15) is 0 Å². The number of amides is 1. The minimum atomic E-state index is -0.848. The largest absolute Gasteiger partial charge is 0.368 e. The highest BCUT2D eigenvalue weighted by molar-refractivity contribution is 7.80. The summed E-state index contributed by atoms with van der Waals surface area (Å²) in [6, 6.07) is 24.5. The first-order chi connectivity index (χ1) is 19.4. The fourth-order valence-electron chi connectivity index (χ4n) is 5.67. The fraction of sp³-hybridized carbons (Fsp3) is 0.344. The summed E-state index contributed by atoms with van der Waals surface area (Å²) in [7, 11) is 1.77. The second-order valence-electron chi connectivity index (χ2n) is 11.1. The van der Waals surface area contributed by atoms with Gasteiger partial charge in [-0.15, -0.1) is 0 Å². The van der Waals surface area contributed by atoms with Crippen LogP contribution in [-0.4, -0.2) is 61.0 Å². The lowest BCUT2D eigenvalue weighted by Gasteiger charge is -2.38. The van der Waals surface area contributed by atoms with Crippen molar-refractivity contribution >= 4 is 51.9 Å². The van der Waals surface area contributed by atoms with Gasteiger partial charge in [0.25, 0.3) is 5.91 Å². The number of aliphatic imine (C=N–C) groups is 1. The Kier molecular flexibility index (Phi) is 7.51. The number of anilines is 2. The lowest BCUT2D eigenvalue weighted by molar-refractivity contribution is -0.119. The Bertz CT molecular complexity index is 1440. The molecular weight excluding hydrogens is 538 g/mol. The molecule has 0 radical (unpaired) electrons. The van der Waals surface area contributed by atoms with E-state index in [0.717, 1.165) is 54.8 Å². The molecule has 0 spiro atoms. The van der Waals surface area contributed by atoms with Crippen molar-refractivity contribution in [1.82, 2.24) is 10.2 Å². The Morgan fingerprint density at radius 1 is 1.02 bits per heavy atom. The lowest BCUT2D eigenvalue weighted by atomic mass is 10.0. The first-order valence-electron chi connectivity index (χ1n) is 14.0. The Morgan fingerprint density at radius 3 is 2.40 bits per heavy atom. The molecule has 0 bridgehead atoms. The summed E-state index contributed by atoms with van der Waals surface area (Å²) in [6.07, 6.45) is 1.70. The van der Waals surface area contributed by atoms with Crippen molar-refractivity contribution < 1.29 is 4.79 Å². The number of hydrogen-bond acceptors (Lipinski definition) is 4. The number of carbonyl (C=O) groups is 1. The summed E-state index contributed by atoms with van der Waals surface area (Å²) in [4.78, 5) is 24.7. The van der Waals surface area contributed by atoms with E-state index in [-0.39, 0.29) is 5.91 Å². The van der Waals surface area contributed by atoms with Crippen molar-refractivity contribution in [2.24, 2.45) is 16.8 Å². The van der Waals surface area contributed by atoms with Crippen LogP contribution in [0.5, 0.6) is 0 Å². The van der Waals surface area contributed by atoms with E-state index in [4.69, 9.17) is 28.8 Å². The fourth-order valence-corrected chi connectivity index (χ4v) is 6.14. The summed E-state index contributed by atoms with van der Waals surface area (Å²) in [5, 5.41) is 4.41. The van der Waals surface area contributed by atoms with Crippen molar-refractivity contribution in [1.29, 1.82) is 0 Å². The molecule has 1 saturated heterocycles. The van der Waals surface area contributed by atoms with Gasteiger partial charge in [0.2, 0.25) is 6.17 Å². The maximum absolute atomic E-state index is 13.6. The molecule has 3 aromatic rings. The van der Waals surface area contributed by atoms with Crippen LogP contribution >= 0.6 is 23.8 Å². The molecule has 1 aliphatic carbocycles. The number of benzene rings is 3. The van der Waals surface area contributed by atoms with Gasteiger partial charge >= 0.3 is 0 Å². The molecule has 40 heavy (non-hydrogen) atoms. The number of hydrogen-bond donors (Lipinski definition) is 1. The minimum absolute atomic E-state index is 0.170. The van der Waals surface area contributed by atoms with Gasteiger partial charge < -0.3 is 20.0 Å². The average Bonchev–Trinajstić information content (AvgIpc) is 3.70. The lowest BCUT2D eigenvalue weighted by Crippen LogP contribution is -2.55. The standard InChI is InChI=1S/C32H34ClN5OS/c1-21-18-24(21)19-22-8-11-26(12-9-22)37-14-16-38(17-15-37)32(40)35-30-31(39)36(2)28-13-10-25(33)20-27(28)29(34-30)23-6-4-3-5-7-23/h3-13,20-21,24,30H,14-19H2,1-2H3,(H,35,40)/t21-,24?,30?/m1/s1. The zero-order chi connectivity index (χ0) is 27.8. The van der Waals surface area contributed by atoms with Crippen LogP contribution in [0.4, 0.5) is 11.4 Å². The third-order valence-electron chi connectivity index (χ3n) is 8.35. The van der Waals surface area contributed by atoms with Gasteiger partial charge in [-0.2, -0.15) is 0 Å². The number of piperazine rings is 1. The van der Waals surface area contributed by atoms with Gasteiger partial charge in [-0.1, -0.05) is 61.0 Å². The first kappa shape index (κ1) is 26.8. The highest BCUT2D eigenvalue weighted by atomic mass is 35.5. The molecule has 1 amide bonds. The molecule has 1 saturated carbocycles. The van der Waals surface area contributed by atoms with Gasteiger partial charge in [0, 0.05) is 55.1 Å². The van der Waals surface area contributed by atoms with E-state index in [0.29, 0.717) is 15.8 Å². The average molecular weight is 572 g/mol. The van der Waals surface area contributed by atoms with Crippen molar-refractivity contribution in [3.63, 3.8) is 0 Å². The molecule has 206 valence electrons. The Balaban J connectivity index is 1.15. The summed E-state index contributed by atoms with van der Waals surface area (Å²) >= 11 is 12.2. The molecule has 0 aromatic heterocycles. The molecule has 1 N–H and O–H groups in total. The second kappa shape index (κ2) is 11.2. The molecule has 2 unspecified atom stereocenters. The monoisotopic (exact) mass is 571 g/mol. The van der Waals surface area contributed by atoms with E-state index in [2.05, 4.69) is 46.3 Å². The number of carbonyl (C=O) groups excluding carboxylic acids is 1. The zero-order valence-electron chi connectivity index (χ0n) is 22.9. The van der Waals surface area contributed by atoms with Crippen molar-refractivity contribution in [2.75, 3.05) is 43.0 Å². The van der Waals surface area contributed by atoms with Gasteiger partial charge in [-0.25, -0.2) is 4.99 Å². The molecule has 2 heterocycles. The maximum Gasteiger partial charge on any atom is 0.272 e. The SMILES string of the molecule is C[C@@H]1CC1Cc1ccc(N2CCN(C(=S)NC3N=C(c4ccccc4)c4cc(Cl)ccc4N(C)C3=O)CC2)cc1. The highest BCUT2D eigenvalue weighted by Gasteiger charge is 2.33. The van der Waals surface area contributed by atoms with E-state index < -0.39 is 6.17 Å². The van der Waals surface area contributed by atoms with Crippen molar-refractivity contribution in [3.8, 4) is 0 Å². The molecule has 2 aliphatic heterocycles. The van der Waals surface area contributed by atoms with Crippen LogP contribution in [0.25, 0.3) is 0 Å². The molecule has 8 heteroatoms. The number of thiocarbonyl (C=S) groups is 1. The normalized spacial score (nSPS) is 22.4. The third kappa shape index (κ3) is 5.58. The van der Waals surface area contributed by atoms with Crippen molar-refractivity contribution in [3.05, 3.63) is 94.5 Å². The van der Waals surface area contributed by atoms with E-state index in [9.17, 15) is 4.79 Å². The predicted octanol–water partition coefficient (Wildman–Crippen LogP) is 5.38. The quantitative estimate of drug-likeness (QED) is 0.417. The molecule has 3 atom stereocenters. The molecule has 3 aromatic carbocycles. The van der Waals surface area contributed by atoms with Crippen LogP contribution in [0.15, 0.2) is 77.8 Å². The van der Waals surface area contributed by atoms with Gasteiger partial charge in [0.15, 0.2) is 5.11 Å². The maximum atomic E-state index is 13.6. The number of likely N-dealkylation sites (N-methyl/N-ethyl adjacent to an activating group) is 1. The van der Waals surface area contributed by atoms with Crippen LogP contribution in [0.3, 0.4) is 0 Å². The van der Waals surface area contributed by atoms with E-state index in [1.54, 1.807) is 18.0 Å². The number of benzodiazepines with no additional fused rings is 1. The third-order valence-corrected chi connectivity index (χ3v) is 8.96. The smallest absolute Gasteiger partial charge is 0.272 e. The minimum Gasteiger partial charge on any atom is -0.368 e. The molecule has 2 fully saturated rings. The summed E-state index contributed by atoms with van der Waals surface area (Å²) < 4.78 is 0. The summed E-state index contributed by atoms with van der Waals surface area (Å²) in [6.45, 7) is 5.61. The predicted molar refractivity (Wildman–Crippen MR) is 168 cm³/mol. The van der Waals surface area contributed by atoms with Crippen LogP contribution in [0.1, 0.15) is 30.0 Å². The Morgan fingerprint density at radius 2 is 1.73 bits per heavy atom. The first-order valence-corrected chi connectivity index (χ1v) is 14.8.